The van der Waals surface area contributed by atoms with Gasteiger partial charge >= 0.3 is 6.18 Å². The molecule has 2 aromatic rings. The van der Waals surface area contributed by atoms with Crippen LogP contribution < -0.4 is 9.80 Å². The van der Waals surface area contributed by atoms with E-state index in [0.717, 1.165) is 12.1 Å². The van der Waals surface area contributed by atoms with Crippen LogP contribution in [0.2, 0.25) is 0 Å². The van der Waals surface area contributed by atoms with Gasteiger partial charge in [0.05, 0.1) is 17.2 Å². The van der Waals surface area contributed by atoms with Crippen LogP contribution in [0.5, 0.6) is 0 Å². The summed E-state index contributed by atoms with van der Waals surface area (Å²) in [6, 6.07) is 9.86. The fourth-order valence-corrected chi connectivity index (χ4v) is 3.72. The van der Waals surface area contributed by atoms with Crippen molar-refractivity contribution >= 4 is 30.0 Å². The number of alkyl halides is 3. The van der Waals surface area contributed by atoms with E-state index in [0.29, 0.717) is 5.82 Å². The van der Waals surface area contributed by atoms with Gasteiger partial charge in [-0.1, -0.05) is 6.07 Å². The number of thiol groups is 1. The highest BCUT2D eigenvalue weighted by atomic mass is 32.1. The van der Waals surface area contributed by atoms with Crippen molar-refractivity contribution in [3.05, 3.63) is 53.7 Å². The average Bonchev–Trinajstić information content (AvgIpc) is 2.79. The lowest BCUT2D eigenvalue weighted by Gasteiger charge is -2.32. The predicted molar refractivity (Wildman–Crippen MR) is 97.2 cm³/mol. The second kappa shape index (κ2) is 6.46. The minimum atomic E-state index is -4.72. The third-order valence-electron chi connectivity index (χ3n) is 4.41. The zero-order chi connectivity index (χ0) is 20.0. The number of benzene rings is 1. The molecule has 1 aromatic carbocycles. The molecule has 0 bridgehead atoms. The molecular weight excluding hydrogens is 377 g/mol. The van der Waals surface area contributed by atoms with E-state index >= 15 is 0 Å². The Morgan fingerprint density at radius 2 is 1.96 bits per heavy atom. The van der Waals surface area contributed by atoms with Crippen LogP contribution >= 0.6 is 12.6 Å². The number of carbonyl (C=O) groups is 1. The molecule has 0 radical (unpaired) electrons. The largest absolute Gasteiger partial charge is 0.417 e. The van der Waals surface area contributed by atoms with E-state index < -0.39 is 34.2 Å². The highest BCUT2D eigenvalue weighted by Gasteiger charge is 2.52. The van der Waals surface area contributed by atoms with Crippen molar-refractivity contribution in [1.29, 1.82) is 5.26 Å². The summed E-state index contributed by atoms with van der Waals surface area (Å²) < 4.78 is 39.9. The van der Waals surface area contributed by atoms with Crippen molar-refractivity contribution < 1.29 is 18.0 Å². The zero-order valence-electron chi connectivity index (χ0n) is 14.4. The van der Waals surface area contributed by atoms with Crippen LogP contribution in [0, 0.1) is 11.3 Å². The van der Waals surface area contributed by atoms with Crippen LogP contribution in [-0.4, -0.2) is 21.9 Å². The molecule has 1 aliphatic heterocycles. The van der Waals surface area contributed by atoms with E-state index in [2.05, 4.69) is 17.6 Å². The summed E-state index contributed by atoms with van der Waals surface area (Å²) in [5.41, 5.74) is -3.53. The maximum Gasteiger partial charge on any atom is 0.417 e. The molecule has 140 valence electrons. The number of rotatable bonds is 2. The molecule has 1 aliphatic rings. The number of anilines is 2. The molecule has 5 nitrogen and oxygen atoms in total. The van der Waals surface area contributed by atoms with Crippen molar-refractivity contribution in [3.8, 4) is 6.07 Å². The first-order valence-electron chi connectivity index (χ1n) is 7.92. The molecule has 3 rings (SSSR count). The number of halogens is 3. The van der Waals surface area contributed by atoms with E-state index in [1.165, 1.54) is 17.0 Å². The molecule has 0 spiro atoms. The molecular formula is C18H15F3N4OS. The maximum absolute atomic E-state index is 13.3. The second-order valence-corrected chi connectivity index (χ2v) is 6.94. The summed E-state index contributed by atoms with van der Waals surface area (Å²) >= 11 is 4.48. The highest BCUT2D eigenvalue weighted by Crippen LogP contribution is 2.41. The Balaban J connectivity index is 2.11. The summed E-state index contributed by atoms with van der Waals surface area (Å²) in [5, 5.41) is 8.95. The molecule has 9 heteroatoms. The van der Waals surface area contributed by atoms with Gasteiger partial charge in [0.1, 0.15) is 11.4 Å². The molecule has 2 heterocycles. The number of pyridine rings is 1. The first kappa shape index (κ1) is 19.0. The van der Waals surface area contributed by atoms with Crippen LogP contribution in [-0.2, 0) is 11.0 Å². The lowest BCUT2D eigenvalue weighted by atomic mass is 10.0. The zero-order valence-corrected chi connectivity index (χ0v) is 15.3. The lowest BCUT2D eigenvalue weighted by molar-refractivity contribution is -0.137. The molecule has 1 fully saturated rings. The van der Waals surface area contributed by atoms with Crippen LogP contribution in [0.4, 0.5) is 24.7 Å². The second-order valence-electron chi connectivity index (χ2n) is 6.48. The van der Waals surface area contributed by atoms with Gasteiger partial charge in [-0.15, -0.1) is 12.6 Å². The van der Waals surface area contributed by atoms with Gasteiger partial charge < -0.3 is 4.90 Å². The number of hydrogen-bond donors (Lipinski definition) is 1. The Kier molecular flexibility index (Phi) is 4.56. The van der Waals surface area contributed by atoms with Crippen LogP contribution in [0.1, 0.15) is 25.0 Å². The summed E-state index contributed by atoms with van der Waals surface area (Å²) in [7, 11) is 0. The standard InChI is InChI=1S/C18H15F3N4OS/c1-17(2)15(26)24(16(27)25(17)14-5-3-4-8-23-14)12-7-6-11(10-22)13(9-12)18(19,20)21/h3-9,16,27H,1-2H3. The van der Waals surface area contributed by atoms with Gasteiger partial charge in [0.25, 0.3) is 5.91 Å². The topological polar surface area (TPSA) is 60.2 Å². The van der Waals surface area contributed by atoms with Crippen LogP contribution in [0.15, 0.2) is 42.6 Å². The Hall–Kier alpha value is -2.73. The molecule has 1 atom stereocenters. The quantitative estimate of drug-likeness (QED) is 0.790. The molecule has 1 saturated heterocycles. The summed E-state index contributed by atoms with van der Waals surface area (Å²) in [5.74, 6) is 0.0500. The third kappa shape index (κ3) is 3.10. The third-order valence-corrected chi connectivity index (χ3v) is 4.87. The summed E-state index contributed by atoms with van der Waals surface area (Å²) in [6.45, 7) is 3.31. The van der Waals surface area contributed by atoms with Crippen LogP contribution in [0.3, 0.4) is 0 Å². The van der Waals surface area contributed by atoms with E-state index in [1.54, 1.807) is 43.1 Å². The average molecular weight is 392 g/mol. The number of carbonyl (C=O) groups excluding carboxylic acids is 1. The van der Waals surface area contributed by atoms with E-state index in [1.807, 2.05) is 0 Å². The molecule has 0 aliphatic carbocycles. The number of amides is 1. The van der Waals surface area contributed by atoms with Gasteiger partial charge in [-0.25, -0.2) is 4.98 Å². The van der Waals surface area contributed by atoms with Gasteiger partial charge in [0.2, 0.25) is 0 Å². The van der Waals surface area contributed by atoms with Gasteiger partial charge in [-0.2, -0.15) is 18.4 Å². The Morgan fingerprint density at radius 1 is 1.26 bits per heavy atom. The Morgan fingerprint density at radius 3 is 2.52 bits per heavy atom. The summed E-state index contributed by atoms with van der Waals surface area (Å²) in [4.78, 5) is 20.0. The monoisotopic (exact) mass is 392 g/mol. The highest BCUT2D eigenvalue weighted by molar-refractivity contribution is 7.81. The molecule has 0 N–H and O–H groups in total. The molecule has 1 amide bonds. The molecule has 1 unspecified atom stereocenters. The normalized spacial score (nSPS) is 19.3. The summed E-state index contributed by atoms with van der Waals surface area (Å²) in [6.07, 6.45) is -3.16. The number of hydrogen-bond acceptors (Lipinski definition) is 5. The fraction of sp³-hybridized carbons (Fsp3) is 0.278. The maximum atomic E-state index is 13.3. The smallest absolute Gasteiger partial charge is 0.313 e. The molecule has 27 heavy (non-hydrogen) atoms. The Labute approximate surface area is 159 Å². The van der Waals surface area contributed by atoms with Gasteiger partial charge in [0.15, 0.2) is 5.50 Å². The molecule has 0 saturated carbocycles. The Bertz CT molecular complexity index is 924. The minimum absolute atomic E-state index is 0.0119. The van der Waals surface area contributed by atoms with Gasteiger partial charge in [0, 0.05) is 11.9 Å². The lowest BCUT2D eigenvalue weighted by Crippen LogP contribution is -2.45. The predicted octanol–water partition coefficient (Wildman–Crippen LogP) is 3.82. The van der Waals surface area contributed by atoms with Crippen molar-refractivity contribution in [1.82, 2.24) is 4.98 Å². The molecule has 1 aromatic heterocycles. The van der Waals surface area contributed by atoms with Gasteiger partial charge in [-0.05, 0) is 44.2 Å². The van der Waals surface area contributed by atoms with Crippen molar-refractivity contribution in [2.24, 2.45) is 0 Å². The first-order valence-corrected chi connectivity index (χ1v) is 8.44. The first-order chi connectivity index (χ1) is 12.6. The van der Waals surface area contributed by atoms with Crippen molar-refractivity contribution in [3.63, 3.8) is 0 Å². The number of nitriles is 1. The minimum Gasteiger partial charge on any atom is -0.313 e. The number of aromatic nitrogens is 1. The van der Waals surface area contributed by atoms with Gasteiger partial charge in [-0.3, -0.25) is 9.69 Å². The van der Waals surface area contributed by atoms with E-state index in [4.69, 9.17) is 5.26 Å². The number of nitrogens with zero attached hydrogens (tertiary/aromatic N) is 4. The fourth-order valence-electron chi connectivity index (χ4n) is 3.07. The van der Waals surface area contributed by atoms with E-state index in [9.17, 15) is 18.0 Å². The van der Waals surface area contributed by atoms with Crippen molar-refractivity contribution in [2.75, 3.05) is 9.80 Å². The van der Waals surface area contributed by atoms with Crippen LogP contribution in [0.25, 0.3) is 0 Å². The van der Waals surface area contributed by atoms with Crippen molar-refractivity contribution in [2.45, 2.75) is 31.1 Å². The van der Waals surface area contributed by atoms with E-state index in [-0.39, 0.29) is 5.69 Å². The SMILES string of the molecule is CC1(C)C(=O)N(c2ccc(C#N)c(C(F)(F)F)c2)C(S)N1c1ccccn1.